The van der Waals surface area contributed by atoms with Crippen molar-refractivity contribution in [3.63, 3.8) is 0 Å². The molecule has 0 radical (unpaired) electrons. The third kappa shape index (κ3) is 2.31. The molecule has 1 heterocycles. The van der Waals surface area contributed by atoms with Crippen molar-refractivity contribution in [2.75, 3.05) is 7.11 Å². The van der Waals surface area contributed by atoms with E-state index in [0.717, 1.165) is 11.3 Å². The Morgan fingerprint density at radius 1 is 1.35 bits per heavy atom. The van der Waals surface area contributed by atoms with Crippen molar-refractivity contribution in [2.45, 2.75) is 0 Å². The fraction of sp³-hybridized carbons (Fsp3) is 0.0909. The maximum absolute atomic E-state index is 10.6. The molecule has 1 aromatic heterocycles. The van der Waals surface area contributed by atoms with Crippen LogP contribution < -0.4 is 4.74 Å². The smallest absolute Gasteiger partial charge is 0.322 e. The van der Waals surface area contributed by atoms with Gasteiger partial charge >= 0.3 is 5.82 Å². The van der Waals surface area contributed by atoms with Crippen LogP contribution in [0.2, 0.25) is 0 Å². The number of ether oxygens (including phenoxy) is 1. The zero-order chi connectivity index (χ0) is 12.4. The van der Waals surface area contributed by atoms with Gasteiger partial charge in [0.15, 0.2) is 0 Å². The second-order valence-corrected chi connectivity index (χ2v) is 4.22. The van der Waals surface area contributed by atoms with E-state index in [1.54, 1.807) is 19.2 Å². The second kappa shape index (κ2) is 4.58. The number of aromatic nitrogens is 1. The monoisotopic (exact) mass is 296 g/mol. The number of halogens is 1. The summed E-state index contributed by atoms with van der Waals surface area (Å²) < 4.78 is 5.71. The summed E-state index contributed by atoms with van der Waals surface area (Å²) >= 11 is 3.29. The summed E-state index contributed by atoms with van der Waals surface area (Å²) in [4.78, 5) is 12.9. The number of aromatic amines is 1. The molecule has 0 unspecified atom stereocenters. The van der Waals surface area contributed by atoms with E-state index in [2.05, 4.69) is 20.9 Å². The minimum atomic E-state index is -0.461. The quantitative estimate of drug-likeness (QED) is 0.697. The van der Waals surface area contributed by atoms with E-state index in [1.807, 2.05) is 12.1 Å². The largest absolute Gasteiger partial charge is 0.497 e. The van der Waals surface area contributed by atoms with Crippen molar-refractivity contribution < 1.29 is 9.66 Å². The summed E-state index contributed by atoms with van der Waals surface area (Å²) in [5.74, 6) is 0.702. The van der Waals surface area contributed by atoms with Crippen molar-refractivity contribution in [1.82, 2.24) is 4.98 Å². The molecular weight excluding hydrogens is 288 g/mol. The van der Waals surface area contributed by atoms with E-state index < -0.39 is 4.92 Å². The molecule has 0 saturated heterocycles. The lowest BCUT2D eigenvalue weighted by atomic mass is 10.1. The van der Waals surface area contributed by atoms with Crippen LogP contribution in [0.4, 0.5) is 5.82 Å². The third-order valence-electron chi connectivity index (χ3n) is 2.33. The van der Waals surface area contributed by atoms with Gasteiger partial charge in [0.2, 0.25) is 0 Å². The molecule has 2 rings (SSSR count). The lowest BCUT2D eigenvalue weighted by Crippen LogP contribution is -1.87. The van der Waals surface area contributed by atoms with Gasteiger partial charge in [-0.05, 0) is 45.1 Å². The zero-order valence-electron chi connectivity index (χ0n) is 8.94. The Kier molecular flexibility index (Phi) is 3.14. The van der Waals surface area contributed by atoms with Crippen molar-refractivity contribution in [2.24, 2.45) is 0 Å². The molecule has 5 nitrogen and oxygen atoms in total. The van der Waals surface area contributed by atoms with Gasteiger partial charge in [-0.3, -0.25) is 0 Å². The number of nitrogens with one attached hydrogen (secondary N) is 1. The number of hydrogen-bond acceptors (Lipinski definition) is 3. The maximum Gasteiger partial charge on any atom is 0.322 e. The Hall–Kier alpha value is -1.82. The van der Waals surface area contributed by atoms with Crippen LogP contribution in [0.3, 0.4) is 0 Å². The fourth-order valence-corrected chi connectivity index (χ4v) is 2.03. The van der Waals surface area contributed by atoms with Gasteiger partial charge in [0.05, 0.1) is 17.6 Å². The van der Waals surface area contributed by atoms with E-state index in [1.165, 1.54) is 6.07 Å². The van der Waals surface area contributed by atoms with E-state index >= 15 is 0 Å². The summed E-state index contributed by atoms with van der Waals surface area (Å²) in [5, 5.41) is 10.6. The van der Waals surface area contributed by atoms with Gasteiger partial charge in [-0.2, -0.15) is 0 Å². The number of hydrogen-bond donors (Lipinski definition) is 1. The predicted octanol–water partition coefficient (Wildman–Crippen LogP) is 3.36. The van der Waals surface area contributed by atoms with Gasteiger partial charge in [0.1, 0.15) is 11.4 Å². The van der Waals surface area contributed by atoms with Crippen molar-refractivity contribution in [3.05, 3.63) is 44.9 Å². The van der Waals surface area contributed by atoms with Gasteiger partial charge in [-0.25, -0.2) is 4.98 Å². The SMILES string of the molecule is COc1ccc(-c2[nH]c([N+](=O)[O-])cc2Br)cc1. The molecule has 0 aliphatic heterocycles. The lowest BCUT2D eigenvalue weighted by Gasteiger charge is -2.00. The van der Waals surface area contributed by atoms with Crippen LogP contribution in [-0.2, 0) is 0 Å². The van der Waals surface area contributed by atoms with Gasteiger partial charge in [0.25, 0.3) is 0 Å². The minimum Gasteiger partial charge on any atom is -0.497 e. The Labute approximate surface area is 106 Å². The number of nitrogens with zero attached hydrogens (tertiary/aromatic N) is 1. The van der Waals surface area contributed by atoms with E-state index in [9.17, 15) is 10.1 Å². The summed E-state index contributed by atoms with van der Waals surface area (Å²) in [6, 6.07) is 8.71. The van der Waals surface area contributed by atoms with Crippen LogP contribution in [-0.4, -0.2) is 17.0 Å². The first kappa shape index (κ1) is 11.7. The highest BCUT2D eigenvalue weighted by Crippen LogP contribution is 2.32. The molecule has 2 aromatic rings. The molecule has 0 atom stereocenters. The van der Waals surface area contributed by atoms with Crippen molar-refractivity contribution in [1.29, 1.82) is 0 Å². The Balaban J connectivity index is 2.41. The molecule has 0 spiro atoms. The van der Waals surface area contributed by atoms with Crippen molar-refractivity contribution in [3.8, 4) is 17.0 Å². The summed E-state index contributed by atoms with van der Waals surface area (Å²) in [5.41, 5.74) is 1.53. The zero-order valence-corrected chi connectivity index (χ0v) is 10.5. The van der Waals surface area contributed by atoms with Crippen molar-refractivity contribution >= 4 is 21.7 Å². The first-order chi connectivity index (χ1) is 8.11. The molecule has 1 N–H and O–H groups in total. The standard InChI is InChI=1S/C11H9BrN2O3/c1-17-8-4-2-7(3-5-8)11-9(12)6-10(13-11)14(15)16/h2-6,13H,1H3. The lowest BCUT2D eigenvalue weighted by molar-refractivity contribution is -0.389. The highest BCUT2D eigenvalue weighted by atomic mass is 79.9. The maximum atomic E-state index is 10.6. The van der Waals surface area contributed by atoms with Crippen LogP contribution in [0.5, 0.6) is 5.75 Å². The number of methoxy groups -OCH3 is 1. The minimum absolute atomic E-state index is 0.0392. The van der Waals surface area contributed by atoms with Crippen LogP contribution >= 0.6 is 15.9 Å². The van der Waals surface area contributed by atoms with Gasteiger partial charge < -0.3 is 14.9 Å². The van der Waals surface area contributed by atoms with Crippen LogP contribution in [0.25, 0.3) is 11.3 Å². The summed E-state index contributed by atoms with van der Waals surface area (Å²) in [7, 11) is 1.59. The average molecular weight is 297 g/mol. The Morgan fingerprint density at radius 2 is 2.00 bits per heavy atom. The molecule has 0 bridgehead atoms. The van der Waals surface area contributed by atoms with Gasteiger partial charge in [-0.1, -0.05) is 0 Å². The number of H-pyrrole nitrogens is 1. The normalized spacial score (nSPS) is 10.2. The Bertz CT molecular complexity index is 548. The van der Waals surface area contributed by atoms with Gasteiger partial charge in [-0.15, -0.1) is 0 Å². The first-order valence-corrected chi connectivity index (χ1v) is 5.58. The molecule has 88 valence electrons. The average Bonchev–Trinajstić information content (AvgIpc) is 2.72. The molecule has 0 aliphatic carbocycles. The number of rotatable bonds is 3. The van der Waals surface area contributed by atoms with Crippen LogP contribution in [0.1, 0.15) is 0 Å². The highest BCUT2D eigenvalue weighted by Gasteiger charge is 2.15. The van der Waals surface area contributed by atoms with Crippen LogP contribution in [0, 0.1) is 10.1 Å². The number of benzene rings is 1. The third-order valence-corrected chi connectivity index (χ3v) is 2.96. The van der Waals surface area contributed by atoms with E-state index in [-0.39, 0.29) is 5.82 Å². The molecule has 0 aliphatic rings. The fourth-order valence-electron chi connectivity index (χ4n) is 1.48. The first-order valence-electron chi connectivity index (χ1n) is 4.79. The molecule has 0 fully saturated rings. The summed E-state index contributed by atoms with van der Waals surface area (Å²) in [6.45, 7) is 0. The predicted molar refractivity (Wildman–Crippen MR) is 67.1 cm³/mol. The van der Waals surface area contributed by atoms with Gasteiger partial charge in [0, 0.05) is 5.56 Å². The number of nitro groups is 1. The molecule has 6 heteroatoms. The van der Waals surface area contributed by atoms with E-state index in [0.29, 0.717) is 10.2 Å². The summed E-state index contributed by atoms with van der Waals surface area (Å²) in [6.07, 6.45) is 0. The molecule has 1 aromatic carbocycles. The molecule has 0 amide bonds. The topological polar surface area (TPSA) is 68.2 Å². The molecule has 0 saturated carbocycles. The molecule has 17 heavy (non-hydrogen) atoms. The van der Waals surface area contributed by atoms with E-state index in [4.69, 9.17) is 4.74 Å². The highest BCUT2D eigenvalue weighted by molar-refractivity contribution is 9.10. The molecular formula is C11H9BrN2O3. The van der Waals surface area contributed by atoms with Crippen LogP contribution in [0.15, 0.2) is 34.8 Å². The second-order valence-electron chi connectivity index (χ2n) is 3.36. The Morgan fingerprint density at radius 3 is 2.47 bits per heavy atom.